The van der Waals surface area contributed by atoms with E-state index in [0.29, 0.717) is 31.6 Å². The van der Waals surface area contributed by atoms with Crippen molar-refractivity contribution in [2.45, 2.75) is 18.4 Å². The predicted octanol–water partition coefficient (Wildman–Crippen LogP) is 1.51. The molecule has 1 fully saturated rings. The normalized spacial score (nSPS) is 17.6. The van der Waals surface area contributed by atoms with Gasteiger partial charge in [-0.05, 0) is 18.2 Å². The van der Waals surface area contributed by atoms with E-state index in [-0.39, 0.29) is 12.5 Å². The summed E-state index contributed by atoms with van der Waals surface area (Å²) in [5.74, 6) is -0.187. The minimum Gasteiger partial charge on any atom is -0.388 e. The molecule has 2 N–H and O–H groups in total. The van der Waals surface area contributed by atoms with Crippen LogP contribution in [0.3, 0.4) is 0 Å². The first-order chi connectivity index (χ1) is 10.2. The van der Waals surface area contributed by atoms with E-state index in [1.807, 2.05) is 24.3 Å². The molecule has 5 nitrogen and oxygen atoms in total. The van der Waals surface area contributed by atoms with Crippen LogP contribution in [0.15, 0.2) is 36.5 Å². The maximum atomic E-state index is 12.4. The molecule has 1 aromatic carbocycles. The van der Waals surface area contributed by atoms with E-state index in [2.05, 4.69) is 10.3 Å². The molecule has 21 heavy (non-hydrogen) atoms. The molecule has 3 rings (SSSR count). The largest absolute Gasteiger partial charge is 0.388 e. The highest BCUT2D eigenvalue weighted by Gasteiger charge is 2.30. The van der Waals surface area contributed by atoms with Crippen molar-refractivity contribution in [1.82, 2.24) is 10.3 Å². The minimum absolute atomic E-state index is 0.187. The standard InChI is InChI=1S/C16H18N2O3/c19-15(18-11-16(20)6-9-21-10-7-16)13-3-1-5-14-12(13)4-2-8-17-14/h1-5,8,20H,6-7,9-11H2,(H,18,19). The zero-order valence-corrected chi connectivity index (χ0v) is 11.7. The van der Waals surface area contributed by atoms with Gasteiger partial charge in [0.05, 0.1) is 11.1 Å². The molecule has 1 aromatic heterocycles. The topological polar surface area (TPSA) is 71.5 Å². The van der Waals surface area contributed by atoms with Crippen LogP contribution in [0.1, 0.15) is 23.2 Å². The summed E-state index contributed by atoms with van der Waals surface area (Å²) in [6.07, 6.45) is 2.80. The average molecular weight is 286 g/mol. The summed E-state index contributed by atoms with van der Waals surface area (Å²) >= 11 is 0. The second-order valence-electron chi connectivity index (χ2n) is 5.40. The Balaban J connectivity index is 1.75. The third kappa shape index (κ3) is 3.04. The highest BCUT2D eigenvalue weighted by molar-refractivity contribution is 6.06. The van der Waals surface area contributed by atoms with Crippen LogP contribution in [-0.4, -0.2) is 41.4 Å². The van der Waals surface area contributed by atoms with Crippen LogP contribution < -0.4 is 5.32 Å². The summed E-state index contributed by atoms with van der Waals surface area (Å²) in [6, 6.07) is 9.14. The van der Waals surface area contributed by atoms with Crippen molar-refractivity contribution in [1.29, 1.82) is 0 Å². The first-order valence-corrected chi connectivity index (χ1v) is 7.10. The number of aromatic nitrogens is 1. The number of nitrogens with one attached hydrogen (secondary N) is 1. The quantitative estimate of drug-likeness (QED) is 0.897. The number of benzene rings is 1. The van der Waals surface area contributed by atoms with Crippen molar-refractivity contribution < 1.29 is 14.6 Å². The molecule has 0 unspecified atom stereocenters. The van der Waals surface area contributed by atoms with Gasteiger partial charge in [0.15, 0.2) is 0 Å². The van der Waals surface area contributed by atoms with Crippen LogP contribution >= 0.6 is 0 Å². The molecule has 1 saturated heterocycles. The van der Waals surface area contributed by atoms with Crippen molar-refractivity contribution in [2.75, 3.05) is 19.8 Å². The SMILES string of the molecule is O=C(NCC1(O)CCOCC1)c1cccc2ncccc12. The van der Waals surface area contributed by atoms with E-state index < -0.39 is 5.60 Å². The third-order valence-electron chi connectivity index (χ3n) is 3.89. The Morgan fingerprint density at radius 3 is 2.90 bits per heavy atom. The van der Waals surface area contributed by atoms with E-state index in [1.54, 1.807) is 12.3 Å². The molecule has 0 bridgehead atoms. The first kappa shape index (κ1) is 14.0. The van der Waals surface area contributed by atoms with E-state index in [0.717, 1.165) is 10.9 Å². The summed E-state index contributed by atoms with van der Waals surface area (Å²) in [7, 11) is 0. The van der Waals surface area contributed by atoms with Crippen molar-refractivity contribution in [3.05, 3.63) is 42.1 Å². The zero-order chi connectivity index (χ0) is 14.7. The van der Waals surface area contributed by atoms with Crippen molar-refractivity contribution >= 4 is 16.8 Å². The fourth-order valence-corrected chi connectivity index (χ4v) is 2.57. The van der Waals surface area contributed by atoms with Gasteiger partial charge in [0, 0.05) is 49.7 Å². The molecule has 1 aliphatic rings. The number of pyridine rings is 1. The lowest BCUT2D eigenvalue weighted by atomic mass is 9.94. The molecule has 1 amide bonds. The molecule has 1 aliphatic heterocycles. The molecule has 110 valence electrons. The van der Waals surface area contributed by atoms with Crippen LogP contribution in [0, 0.1) is 0 Å². The Morgan fingerprint density at radius 2 is 2.10 bits per heavy atom. The van der Waals surface area contributed by atoms with Crippen LogP contribution in [0.5, 0.6) is 0 Å². The first-order valence-electron chi connectivity index (χ1n) is 7.10. The van der Waals surface area contributed by atoms with Crippen LogP contribution in [-0.2, 0) is 4.74 Å². The number of aliphatic hydroxyl groups is 1. The lowest BCUT2D eigenvalue weighted by Gasteiger charge is -2.32. The van der Waals surface area contributed by atoms with E-state index >= 15 is 0 Å². The van der Waals surface area contributed by atoms with Crippen molar-refractivity contribution in [3.8, 4) is 0 Å². The fourth-order valence-electron chi connectivity index (χ4n) is 2.57. The number of hydrogen-bond acceptors (Lipinski definition) is 4. The lowest BCUT2D eigenvalue weighted by molar-refractivity contribution is -0.0605. The molecular formula is C16H18N2O3. The fraction of sp³-hybridized carbons (Fsp3) is 0.375. The monoisotopic (exact) mass is 286 g/mol. The van der Waals surface area contributed by atoms with Crippen LogP contribution in [0.2, 0.25) is 0 Å². The summed E-state index contributed by atoms with van der Waals surface area (Å²) in [5.41, 5.74) is 0.502. The Hall–Kier alpha value is -1.98. The van der Waals surface area contributed by atoms with Gasteiger partial charge in [0.2, 0.25) is 0 Å². The smallest absolute Gasteiger partial charge is 0.252 e. The van der Waals surface area contributed by atoms with E-state index in [9.17, 15) is 9.90 Å². The summed E-state index contributed by atoms with van der Waals surface area (Å²) in [6.45, 7) is 1.31. The maximum absolute atomic E-state index is 12.4. The van der Waals surface area contributed by atoms with Crippen molar-refractivity contribution in [2.24, 2.45) is 0 Å². The minimum atomic E-state index is -0.864. The summed E-state index contributed by atoms with van der Waals surface area (Å²) < 4.78 is 5.23. The van der Waals surface area contributed by atoms with Gasteiger partial charge in [0.25, 0.3) is 5.91 Å². The Labute approximate surface area is 123 Å². The Kier molecular flexibility index (Phi) is 3.86. The average Bonchev–Trinajstić information content (AvgIpc) is 2.53. The van der Waals surface area contributed by atoms with Gasteiger partial charge in [-0.2, -0.15) is 0 Å². The molecule has 0 spiro atoms. The second-order valence-corrected chi connectivity index (χ2v) is 5.40. The number of carbonyl (C=O) groups excluding carboxylic acids is 1. The number of nitrogens with zero attached hydrogens (tertiary/aromatic N) is 1. The maximum Gasteiger partial charge on any atom is 0.252 e. The van der Waals surface area contributed by atoms with Gasteiger partial charge in [0.1, 0.15) is 0 Å². The van der Waals surface area contributed by atoms with Gasteiger partial charge in [-0.15, -0.1) is 0 Å². The Morgan fingerprint density at radius 1 is 1.29 bits per heavy atom. The zero-order valence-electron chi connectivity index (χ0n) is 11.7. The molecule has 0 radical (unpaired) electrons. The number of hydrogen-bond donors (Lipinski definition) is 2. The van der Waals surface area contributed by atoms with Gasteiger partial charge in [-0.3, -0.25) is 9.78 Å². The highest BCUT2D eigenvalue weighted by atomic mass is 16.5. The molecule has 5 heteroatoms. The van der Waals surface area contributed by atoms with Crippen molar-refractivity contribution in [3.63, 3.8) is 0 Å². The van der Waals surface area contributed by atoms with E-state index in [1.165, 1.54) is 0 Å². The number of carbonyl (C=O) groups is 1. The third-order valence-corrected chi connectivity index (χ3v) is 3.89. The second kappa shape index (κ2) is 5.79. The van der Waals surface area contributed by atoms with Crippen LogP contribution in [0.4, 0.5) is 0 Å². The summed E-state index contributed by atoms with van der Waals surface area (Å²) in [5, 5.41) is 14.0. The highest BCUT2D eigenvalue weighted by Crippen LogP contribution is 2.20. The van der Waals surface area contributed by atoms with Gasteiger partial charge in [-0.1, -0.05) is 12.1 Å². The molecule has 2 heterocycles. The van der Waals surface area contributed by atoms with Gasteiger partial charge >= 0.3 is 0 Å². The lowest BCUT2D eigenvalue weighted by Crippen LogP contribution is -2.46. The number of rotatable bonds is 3. The molecule has 2 aromatic rings. The predicted molar refractivity (Wildman–Crippen MR) is 79.1 cm³/mol. The van der Waals surface area contributed by atoms with Gasteiger partial charge in [-0.25, -0.2) is 0 Å². The summed E-state index contributed by atoms with van der Waals surface area (Å²) in [4.78, 5) is 16.6. The molecule has 0 aliphatic carbocycles. The molecule has 0 saturated carbocycles. The number of fused-ring (bicyclic) bond motifs is 1. The molecular weight excluding hydrogens is 268 g/mol. The number of amides is 1. The van der Waals surface area contributed by atoms with E-state index in [4.69, 9.17) is 4.74 Å². The Bertz CT molecular complexity index is 646. The van der Waals surface area contributed by atoms with Gasteiger partial charge < -0.3 is 15.2 Å². The molecule has 0 atom stereocenters. The van der Waals surface area contributed by atoms with Crippen LogP contribution in [0.25, 0.3) is 10.9 Å². The number of ether oxygens (including phenoxy) is 1.